The summed E-state index contributed by atoms with van der Waals surface area (Å²) < 4.78 is 5.98. The zero-order chi connectivity index (χ0) is 15.3. The van der Waals surface area contributed by atoms with Gasteiger partial charge in [0.2, 0.25) is 0 Å². The Balaban J connectivity index is 1.77. The van der Waals surface area contributed by atoms with Gasteiger partial charge in [0.1, 0.15) is 0 Å². The minimum Gasteiger partial charge on any atom is -0.314 e. The number of rotatable bonds is 3. The van der Waals surface area contributed by atoms with Crippen molar-refractivity contribution < 1.29 is 4.18 Å². The quantitative estimate of drug-likeness (QED) is 0.379. The lowest BCUT2D eigenvalue weighted by Crippen LogP contribution is -2.30. The minimum atomic E-state index is 0.279. The Bertz CT molecular complexity index is 512. The molecule has 3 atom stereocenters. The Labute approximate surface area is 139 Å². The molecule has 0 saturated heterocycles. The second-order valence-electron chi connectivity index (χ2n) is 6.91. The van der Waals surface area contributed by atoms with Crippen LogP contribution >= 0.6 is 12.0 Å². The van der Waals surface area contributed by atoms with Crippen molar-refractivity contribution in [2.45, 2.75) is 44.3 Å². The molecule has 0 radical (unpaired) electrons. The highest BCUT2D eigenvalue weighted by Crippen LogP contribution is 2.44. The number of hydrogen-bond acceptors (Lipinski definition) is 2. The molecular weight excluding hydrogens is 288 g/mol. The van der Waals surface area contributed by atoms with Gasteiger partial charge >= 0.3 is 0 Å². The third-order valence-electron chi connectivity index (χ3n) is 5.07. The zero-order valence-electron chi connectivity index (χ0n) is 13.4. The monoisotopic (exact) mass is 314 g/mol. The van der Waals surface area contributed by atoms with Crippen LogP contribution in [0, 0.1) is 17.3 Å². The van der Waals surface area contributed by atoms with Gasteiger partial charge in [-0.2, -0.15) is 0 Å². The molecule has 3 rings (SSSR count). The van der Waals surface area contributed by atoms with Gasteiger partial charge in [-0.25, -0.2) is 0 Å². The van der Waals surface area contributed by atoms with Gasteiger partial charge in [0.05, 0.1) is 6.61 Å². The molecule has 3 aliphatic rings. The van der Waals surface area contributed by atoms with E-state index in [1.165, 1.54) is 19.3 Å². The summed E-state index contributed by atoms with van der Waals surface area (Å²) in [5.74, 6) is 0.999. The lowest BCUT2D eigenvalue weighted by molar-refractivity contribution is 0.253. The molecular formula is C20H26OS. The SMILES string of the molecule is CC1(CCC2C=CC=C2)CC=C=CC2/C=C\CCC1SOC2. The summed E-state index contributed by atoms with van der Waals surface area (Å²) in [5, 5.41) is 0.557. The third kappa shape index (κ3) is 4.07. The van der Waals surface area contributed by atoms with E-state index in [1.54, 1.807) is 12.0 Å². The summed E-state index contributed by atoms with van der Waals surface area (Å²) in [6.07, 6.45) is 23.9. The van der Waals surface area contributed by atoms with E-state index < -0.39 is 0 Å². The van der Waals surface area contributed by atoms with Crippen molar-refractivity contribution in [3.63, 3.8) is 0 Å². The molecule has 0 N–H and O–H groups in total. The predicted molar refractivity (Wildman–Crippen MR) is 95.6 cm³/mol. The predicted octanol–water partition coefficient (Wildman–Crippen LogP) is 5.63. The van der Waals surface area contributed by atoms with Crippen LogP contribution in [-0.4, -0.2) is 11.9 Å². The topological polar surface area (TPSA) is 9.23 Å². The number of hydrogen-bond donors (Lipinski definition) is 0. The molecule has 0 aromatic rings. The van der Waals surface area contributed by atoms with Gasteiger partial charge in [-0.05, 0) is 67.6 Å². The third-order valence-corrected chi connectivity index (χ3v) is 6.38. The van der Waals surface area contributed by atoms with E-state index in [-0.39, 0.29) is 5.41 Å². The molecule has 0 amide bonds. The van der Waals surface area contributed by atoms with Crippen molar-refractivity contribution in [2.75, 3.05) is 6.61 Å². The van der Waals surface area contributed by atoms with Gasteiger partial charge in [-0.15, -0.1) is 5.73 Å². The summed E-state index contributed by atoms with van der Waals surface area (Å²) in [4.78, 5) is 0. The van der Waals surface area contributed by atoms with Crippen LogP contribution < -0.4 is 0 Å². The van der Waals surface area contributed by atoms with Crippen LogP contribution in [0.5, 0.6) is 0 Å². The average Bonchev–Trinajstić information content (AvgIpc) is 3.06. The molecule has 3 unspecified atom stereocenters. The summed E-state index contributed by atoms with van der Waals surface area (Å²) in [6, 6.07) is 0. The van der Waals surface area contributed by atoms with Crippen LogP contribution in [0.4, 0.5) is 0 Å². The van der Waals surface area contributed by atoms with Gasteiger partial charge < -0.3 is 4.18 Å². The molecule has 0 aromatic carbocycles. The van der Waals surface area contributed by atoms with E-state index >= 15 is 0 Å². The summed E-state index contributed by atoms with van der Waals surface area (Å²) in [7, 11) is 0. The second-order valence-corrected chi connectivity index (χ2v) is 7.90. The van der Waals surface area contributed by atoms with Crippen molar-refractivity contribution in [1.82, 2.24) is 0 Å². The van der Waals surface area contributed by atoms with Crippen LogP contribution in [0.15, 0.2) is 54.3 Å². The molecule has 0 fully saturated rings. The van der Waals surface area contributed by atoms with Crippen LogP contribution in [0.25, 0.3) is 0 Å². The summed E-state index contributed by atoms with van der Waals surface area (Å²) in [6.45, 7) is 3.21. The van der Waals surface area contributed by atoms with E-state index in [2.05, 4.69) is 61.3 Å². The Kier molecular flexibility index (Phi) is 5.46. The molecule has 0 saturated carbocycles. The highest BCUT2D eigenvalue weighted by Gasteiger charge is 2.35. The van der Waals surface area contributed by atoms with Crippen molar-refractivity contribution in [1.29, 1.82) is 0 Å². The lowest BCUT2D eigenvalue weighted by Gasteiger charge is -2.37. The van der Waals surface area contributed by atoms with Gasteiger partial charge in [0.25, 0.3) is 0 Å². The molecule has 1 aliphatic carbocycles. The smallest absolute Gasteiger partial charge is 0.0717 e. The van der Waals surface area contributed by atoms with Crippen molar-refractivity contribution in [2.24, 2.45) is 17.3 Å². The molecule has 1 nitrogen and oxygen atoms in total. The normalized spacial score (nSPS) is 36.4. The Morgan fingerprint density at radius 2 is 2.14 bits per heavy atom. The molecule has 118 valence electrons. The highest BCUT2D eigenvalue weighted by atomic mass is 32.2. The van der Waals surface area contributed by atoms with Gasteiger partial charge in [0.15, 0.2) is 0 Å². The lowest BCUT2D eigenvalue weighted by atomic mass is 9.75. The first-order valence-electron chi connectivity index (χ1n) is 8.47. The minimum absolute atomic E-state index is 0.279. The fourth-order valence-electron chi connectivity index (χ4n) is 3.44. The second kappa shape index (κ2) is 7.55. The van der Waals surface area contributed by atoms with E-state index in [1.807, 2.05) is 0 Å². The highest BCUT2D eigenvalue weighted by molar-refractivity contribution is 7.95. The van der Waals surface area contributed by atoms with Crippen LogP contribution in [-0.2, 0) is 4.18 Å². The molecule has 22 heavy (non-hydrogen) atoms. The maximum absolute atomic E-state index is 5.98. The number of fused-ring (bicyclic) bond motifs is 4. The van der Waals surface area contributed by atoms with Crippen molar-refractivity contribution >= 4 is 12.0 Å². The largest absolute Gasteiger partial charge is 0.314 e. The standard InChI is InChI=1S/C20H26OS/c1-20(15-13-17-8-2-3-9-17)14-7-6-11-18-10-4-5-12-19(20)22-21-16-18/h2-4,7-11,17-19H,5,12-16H2,1H3/b10-4-. The summed E-state index contributed by atoms with van der Waals surface area (Å²) >= 11 is 1.73. The maximum atomic E-state index is 5.98. The van der Waals surface area contributed by atoms with E-state index in [4.69, 9.17) is 4.18 Å². The van der Waals surface area contributed by atoms with Crippen molar-refractivity contribution in [3.8, 4) is 0 Å². The Morgan fingerprint density at radius 1 is 1.27 bits per heavy atom. The van der Waals surface area contributed by atoms with Crippen LogP contribution in [0.3, 0.4) is 0 Å². The average molecular weight is 314 g/mol. The van der Waals surface area contributed by atoms with Gasteiger partial charge in [-0.1, -0.05) is 43.4 Å². The molecule has 2 bridgehead atoms. The van der Waals surface area contributed by atoms with Crippen LogP contribution in [0.2, 0.25) is 0 Å². The molecule has 2 heterocycles. The van der Waals surface area contributed by atoms with Crippen molar-refractivity contribution in [3.05, 3.63) is 54.3 Å². The van der Waals surface area contributed by atoms with Crippen LogP contribution in [0.1, 0.15) is 39.0 Å². The maximum Gasteiger partial charge on any atom is 0.0717 e. The van der Waals surface area contributed by atoms with E-state index in [0.717, 1.165) is 19.4 Å². The fraction of sp³-hybridized carbons (Fsp3) is 0.550. The first-order valence-corrected chi connectivity index (χ1v) is 9.28. The van der Waals surface area contributed by atoms with Gasteiger partial charge in [-0.3, -0.25) is 0 Å². The molecule has 0 aromatic heterocycles. The Hall–Kier alpha value is -0.950. The first kappa shape index (κ1) is 15.9. The van der Waals surface area contributed by atoms with Gasteiger partial charge in [0, 0.05) is 11.2 Å². The van der Waals surface area contributed by atoms with E-state index in [9.17, 15) is 0 Å². The molecule has 2 aliphatic heterocycles. The van der Waals surface area contributed by atoms with E-state index in [0.29, 0.717) is 17.1 Å². The zero-order valence-corrected chi connectivity index (χ0v) is 14.2. The molecule has 2 heteroatoms. The fourth-order valence-corrected chi connectivity index (χ4v) is 4.51. The first-order chi connectivity index (χ1) is 10.8. The Morgan fingerprint density at radius 3 is 3.00 bits per heavy atom. The molecule has 0 spiro atoms. The summed E-state index contributed by atoms with van der Waals surface area (Å²) in [5.41, 5.74) is 3.68. The number of allylic oxidation sites excluding steroid dienone is 5.